The molecular formula is C50H48N10. The summed E-state index contributed by atoms with van der Waals surface area (Å²) in [5, 5.41) is 0. The maximum atomic E-state index is 5.20. The first-order valence-electron chi connectivity index (χ1n) is 20.2. The molecule has 0 fully saturated rings. The van der Waals surface area contributed by atoms with Crippen LogP contribution in [0.15, 0.2) is 128 Å². The summed E-state index contributed by atoms with van der Waals surface area (Å²) in [5.74, 6) is 5.50. The highest BCUT2D eigenvalue weighted by Crippen LogP contribution is 2.35. The number of pyridine rings is 1. The summed E-state index contributed by atoms with van der Waals surface area (Å²) in [6.07, 6.45) is 3.58. The predicted octanol–water partition coefficient (Wildman–Crippen LogP) is 11.2. The second-order valence-corrected chi connectivity index (χ2v) is 18.0. The third kappa shape index (κ3) is 8.73. The molecule has 0 aliphatic rings. The van der Waals surface area contributed by atoms with Crippen LogP contribution in [0.25, 0.3) is 79.5 Å². The molecular weight excluding hydrogens is 741 g/mol. The lowest BCUT2D eigenvalue weighted by molar-refractivity contribution is 0.497. The van der Waals surface area contributed by atoms with Gasteiger partial charge in [0.2, 0.25) is 0 Å². The quantitative estimate of drug-likeness (QED) is 0.154. The van der Waals surface area contributed by atoms with E-state index in [0.29, 0.717) is 40.8 Å². The minimum atomic E-state index is -0.334. The molecule has 0 aliphatic heterocycles. The molecule has 0 spiro atoms. The molecule has 10 nitrogen and oxygen atoms in total. The van der Waals surface area contributed by atoms with Gasteiger partial charge in [0.15, 0.2) is 34.9 Å². The fourth-order valence-corrected chi connectivity index (χ4v) is 6.48. The first-order valence-corrected chi connectivity index (χ1v) is 20.2. The molecule has 298 valence electrons. The maximum absolute atomic E-state index is 5.20. The summed E-state index contributed by atoms with van der Waals surface area (Å²) < 4.78 is 0. The van der Waals surface area contributed by atoms with Crippen molar-refractivity contribution >= 4 is 0 Å². The SMILES string of the molecule is CC(C)(C)c1nc(-c2ccccc2)nc(-c2cc(-c3ccncc3)cc(-c3nc(-c4ccccc4)nc(-c4cccc(-c5nc(C(C)(C)C)nc(C(C)(C)C)n5)c4)n3)c2)n1. The number of nitrogens with zero attached hydrogens (tertiary/aromatic N) is 10. The topological polar surface area (TPSA) is 129 Å². The van der Waals surface area contributed by atoms with Crippen LogP contribution in [0.2, 0.25) is 0 Å². The van der Waals surface area contributed by atoms with Gasteiger partial charge in [-0.1, -0.05) is 141 Å². The van der Waals surface area contributed by atoms with Crippen LogP contribution in [0.4, 0.5) is 0 Å². The van der Waals surface area contributed by atoms with Crippen LogP contribution in [0.3, 0.4) is 0 Å². The van der Waals surface area contributed by atoms with Crippen molar-refractivity contribution < 1.29 is 0 Å². The van der Waals surface area contributed by atoms with Crippen molar-refractivity contribution in [2.45, 2.75) is 78.6 Å². The molecule has 0 atom stereocenters. The summed E-state index contributed by atoms with van der Waals surface area (Å²) in [4.78, 5) is 49.6. The van der Waals surface area contributed by atoms with Gasteiger partial charge in [0.05, 0.1) is 0 Å². The summed E-state index contributed by atoms with van der Waals surface area (Å²) in [7, 11) is 0. The molecule has 0 saturated carbocycles. The summed E-state index contributed by atoms with van der Waals surface area (Å²) in [6, 6.07) is 38.3. The molecule has 10 heteroatoms. The van der Waals surface area contributed by atoms with Gasteiger partial charge in [-0.2, -0.15) is 0 Å². The minimum absolute atomic E-state index is 0.272. The Morgan fingerprint density at radius 2 is 0.583 bits per heavy atom. The van der Waals surface area contributed by atoms with Crippen molar-refractivity contribution in [2.24, 2.45) is 0 Å². The highest BCUT2D eigenvalue weighted by Gasteiger charge is 2.26. The van der Waals surface area contributed by atoms with Crippen LogP contribution in [-0.2, 0) is 16.2 Å². The van der Waals surface area contributed by atoms with Gasteiger partial charge in [-0.05, 0) is 47.5 Å². The van der Waals surface area contributed by atoms with E-state index in [0.717, 1.165) is 56.2 Å². The number of aromatic nitrogens is 10. The molecule has 8 rings (SSSR count). The first-order chi connectivity index (χ1) is 28.6. The van der Waals surface area contributed by atoms with E-state index in [-0.39, 0.29) is 16.2 Å². The van der Waals surface area contributed by atoms with E-state index in [9.17, 15) is 0 Å². The largest absolute Gasteiger partial charge is 0.265 e. The summed E-state index contributed by atoms with van der Waals surface area (Å²) in [5.41, 5.74) is 6.04. The van der Waals surface area contributed by atoms with Gasteiger partial charge in [0.1, 0.15) is 17.5 Å². The third-order valence-corrected chi connectivity index (χ3v) is 9.82. The van der Waals surface area contributed by atoms with E-state index in [1.165, 1.54) is 0 Å². The van der Waals surface area contributed by atoms with Gasteiger partial charge in [-0.25, -0.2) is 44.9 Å². The zero-order valence-electron chi connectivity index (χ0n) is 35.6. The smallest absolute Gasteiger partial charge is 0.164 e. The minimum Gasteiger partial charge on any atom is -0.265 e. The third-order valence-electron chi connectivity index (χ3n) is 9.82. The Hall–Kier alpha value is -6.94. The van der Waals surface area contributed by atoms with Crippen LogP contribution < -0.4 is 0 Å². The molecule has 4 heterocycles. The fourth-order valence-electron chi connectivity index (χ4n) is 6.48. The van der Waals surface area contributed by atoms with E-state index in [1.54, 1.807) is 12.4 Å². The van der Waals surface area contributed by atoms with Gasteiger partial charge < -0.3 is 0 Å². The van der Waals surface area contributed by atoms with E-state index < -0.39 is 0 Å². The van der Waals surface area contributed by atoms with Gasteiger partial charge in [0.25, 0.3) is 0 Å². The van der Waals surface area contributed by atoms with Gasteiger partial charge >= 0.3 is 0 Å². The van der Waals surface area contributed by atoms with Crippen molar-refractivity contribution in [1.29, 1.82) is 0 Å². The van der Waals surface area contributed by atoms with E-state index in [1.807, 2.05) is 97.1 Å². The predicted molar refractivity (Wildman–Crippen MR) is 239 cm³/mol. The Bertz CT molecular complexity index is 2770. The Balaban J connectivity index is 1.33. The molecule has 0 unspecified atom stereocenters. The van der Waals surface area contributed by atoms with Crippen LogP contribution >= 0.6 is 0 Å². The molecule has 60 heavy (non-hydrogen) atoms. The molecule has 0 N–H and O–H groups in total. The molecule has 0 amide bonds. The van der Waals surface area contributed by atoms with E-state index in [4.69, 9.17) is 44.9 Å². The second-order valence-electron chi connectivity index (χ2n) is 18.0. The van der Waals surface area contributed by atoms with Crippen LogP contribution in [-0.4, -0.2) is 49.8 Å². The number of rotatable bonds is 7. The normalized spacial score (nSPS) is 12.1. The zero-order chi connectivity index (χ0) is 42.2. The Labute approximate surface area is 351 Å². The van der Waals surface area contributed by atoms with Crippen LogP contribution in [0.5, 0.6) is 0 Å². The number of hydrogen-bond acceptors (Lipinski definition) is 10. The lowest BCUT2D eigenvalue weighted by atomic mass is 9.93. The number of hydrogen-bond donors (Lipinski definition) is 0. The van der Waals surface area contributed by atoms with Crippen molar-refractivity contribution in [3.63, 3.8) is 0 Å². The average molecular weight is 789 g/mol. The lowest BCUT2D eigenvalue weighted by Gasteiger charge is -2.22. The van der Waals surface area contributed by atoms with Crippen molar-refractivity contribution in [3.05, 3.63) is 145 Å². The second kappa shape index (κ2) is 15.7. The molecule has 8 aromatic rings. The van der Waals surface area contributed by atoms with E-state index >= 15 is 0 Å². The molecule has 0 saturated heterocycles. The van der Waals surface area contributed by atoms with Crippen molar-refractivity contribution in [2.75, 3.05) is 0 Å². The first kappa shape index (κ1) is 39.9. The molecule has 4 aromatic carbocycles. The van der Waals surface area contributed by atoms with Crippen molar-refractivity contribution in [3.8, 4) is 79.5 Å². The van der Waals surface area contributed by atoms with Crippen LogP contribution in [0, 0.1) is 0 Å². The van der Waals surface area contributed by atoms with Gasteiger partial charge in [0, 0.05) is 62.0 Å². The van der Waals surface area contributed by atoms with Crippen LogP contribution in [0.1, 0.15) is 79.8 Å². The average Bonchev–Trinajstić information content (AvgIpc) is 3.26. The maximum Gasteiger partial charge on any atom is 0.164 e. The van der Waals surface area contributed by atoms with Gasteiger partial charge in [-0.3, -0.25) is 4.98 Å². The Morgan fingerprint density at radius 3 is 1.03 bits per heavy atom. The summed E-state index contributed by atoms with van der Waals surface area (Å²) >= 11 is 0. The molecule has 0 radical (unpaired) electrons. The summed E-state index contributed by atoms with van der Waals surface area (Å²) in [6.45, 7) is 19.0. The molecule has 4 aromatic heterocycles. The van der Waals surface area contributed by atoms with E-state index in [2.05, 4.69) is 85.5 Å². The molecule has 0 bridgehead atoms. The Kier molecular flexibility index (Phi) is 10.4. The monoisotopic (exact) mass is 788 g/mol. The molecule has 0 aliphatic carbocycles. The lowest BCUT2D eigenvalue weighted by Crippen LogP contribution is -2.24. The van der Waals surface area contributed by atoms with Gasteiger partial charge in [-0.15, -0.1) is 0 Å². The highest BCUT2D eigenvalue weighted by atomic mass is 15.1. The fraction of sp³-hybridized carbons (Fsp3) is 0.240. The zero-order valence-corrected chi connectivity index (χ0v) is 35.6. The number of benzene rings is 4. The highest BCUT2D eigenvalue weighted by molar-refractivity contribution is 5.79. The standard InChI is InChI=1S/C50H48N10/c1-48(2,3)45-56-40(33-19-14-11-15-20-33)54-44(59-45)38-29-36(31-23-25-51-26-24-31)28-37(30-38)43-53-39(32-17-12-10-13-18-32)52-41(55-43)34-21-16-22-35(27-34)42-57-46(49(4,5)6)60-47(58-42)50(7,8)9/h10-30H,1-9H3. The Morgan fingerprint density at radius 1 is 0.267 bits per heavy atom. The van der Waals surface area contributed by atoms with Crippen molar-refractivity contribution in [1.82, 2.24) is 49.8 Å².